The molecule has 3 rings (SSSR count). The van der Waals surface area contributed by atoms with Crippen LogP contribution < -0.4 is 0 Å². The summed E-state index contributed by atoms with van der Waals surface area (Å²) in [6.45, 7) is 3.52. The first-order chi connectivity index (χ1) is 16.1. The maximum Gasteiger partial charge on any atom is 0.303 e. The van der Waals surface area contributed by atoms with Crippen molar-refractivity contribution in [3.63, 3.8) is 0 Å². The van der Waals surface area contributed by atoms with Crippen LogP contribution in [0.2, 0.25) is 5.02 Å². The topological polar surface area (TPSA) is 94.8 Å². The average molecular weight is 505 g/mol. The van der Waals surface area contributed by atoms with Crippen molar-refractivity contribution in [1.82, 2.24) is 0 Å². The fraction of sp³-hybridized carbons (Fsp3) is 0.481. The molecule has 34 heavy (non-hydrogen) atoms. The number of hydrogen-bond donors (Lipinski definition) is 3. The Kier molecular flexibility index (Phi) is 9.10. The molecule has 7 heteroatoms. The Morgan fingerprint density at radius 3 is 2.71 bits per heavy atom. The second-order valence-corrected chi connectivity index (χ2v) is 11.0. The Morgan fingerprint density at radius 2 is 2.00 bits per heavy atom. The molecule has 0 radical (unpaired) electrons. The van der Waals surface area contributed by atoms with Crippen molar-refractivity contribution < 1.29 is 24.9 Å². The maximum absolute atomic E-state index is 13.0. The highest BCUT2D eigenvalue weighted by molar-refractivity contribution is 7.19. The van der Waals surface area contributed by atoms with Gasteiger partial charge in [-0.05, 0) is 38.2 Å². The van der Waals surface area contributed by atoms with Crippen molar-refractivity contribution in [2.24, 2.45) is 17.3 Å². The number of aliphatic hydroxyl groups excluding tert-OH is 2. The molecule has 1 fully saturated rings. The number of hydrogen-bond acceptors (Lipinski definition) is 5. The van der Waals surface area contributed by atoms with E-state index in [1.54, 1.807) is 37.3 Å². The van der Waals surface area contributed by atoms with E-state index < -0.39 is 23.6 Å². The molecule has 0 unspecified atom stereocenters. The fourth-order valence-electron chi connectivity index (χ4n) is 4.59. The van der Waals surface area contributed by atoms with Gasteiger partial charge in [-0.2, -0.15) is 0 Å². The lowest BCUT2D eigenvalue weighted by molar-refractivity contribution is -0.137. The molecule has 1 aromatic heterocycles. The predicted molar refractivity (Wildman–Crippen MR) is 137 cm³/mol. The third-order valence-electron chi connectivity index (χ3n) is 6.68. The zero-order valence-electron chi connectivity index (χ0n) is 19.6. The highest BCUT2D eigenvalue weighted by atomic mass is 35.5. The fourth-order valence-corrected chi connectivity index (χ4v) is 6.13. The van der Waals surface area contributed by atoms with Gasteiger partial charge in [0.25, 0.3) is 0 Å². The average Bonchev–Trinajstić information content (AvgIpc) is 3.20. The van der Waals surface area contributed by atoms with Crippen LogP contribution >= 0.6 is 22.9 Å². The number of Topliss-reactive ketones (excluding diaryl/α,β-unsaturated/α-hetero) is 1. The summed E-state index contributed by atoms with van der Waals surface area (Å²) in [7, 11) is 0. The molecule has 1 heterocycles. The number of carboxylic acids is 1. The number of rotatable bonds is 11. The van der Waals surface area contributed by atoms with Crippen LogP contribution in [0, 0.1) is 17.3 Å². The van der Waals surface area contributed by atoms with Crippen molar-refractivity contribution in [2.45, 2.75) is 64.6 Å². The van der Waals surface area contributed by atoms with Gasteiger partial charge in [0.05, 0.1) is 22.6 Å². The van der Waals surface area contributed by atoms with Crippen LogP contribution in [0.5, 0.6) is 0 Å². The van der Waals surface area contributed by atoms with Crippen LogP contribution in [0.15, 0.2) is 48.6 Å². The quantitative estimate of drug-likeness (QED) is 0.265. The van der Waals surface area contributed by atoms with Gasteiger partial charge >= 0.3 is 5.97 Å². The molecule has 1 aliphatic rings. The molecule has 0 saturated heterocycles. The van der Waals surface area contributed by atoms with E-state index in [1.807, 2.05) is 36.4 Å². The number of carbonyl (C=O) groups excluding carboxylic acids is 1. The number of aryl methyl sites for hydroxylation is 1. The second-order valence-electron chi connectivity index (χ2n) is 9.53. The zero-order chi connectivity index (χ0) is 24.9. The number of carboxylic acid groups (broad SMARTS) is 1. The van der Waals surface area contributed by atoms with Crippen molar-refractivity contribution in [3.8, 4) is 0 Å². The highest BCUT2D eigenvalue weighted by Crippen LogP contribution is 2.45. The van der Waals surface area contributed by atoms with E-state index in [1.165, 1.54) is 0 Å². The molecule has 1 aliphatic carbocycles. The molecule has 0 aliphatic heterocycles. The van der Waals surface area contributed by atoms with Crippen molar-refractivity contribution >= 4 is 44.8 Å². The molecule has 1 saturated carbocycles. The minimum atomic E-state index is -0.855. The van der Waals surface area contributed by atoms with E-state index in [0.717, 1.165) is 20.0 Å². The first kappa shape index (κ1) is 26.6. The number of aliphatic carboxylic acids is 1. The van der Waals surface area contributed by atoms with Gasteiger partial charge in [-0.3, -0.25) is 9.59 Å². The number of fused-ring (bicyclic) bond motifs is 1. The number of halogens is 1. The summed E-state index contributed by atoms with van der Waals surface area (Å²) in [6, 6.07) is 7.97. The van der Waals surface area contributed by atoms with Gasteiger partial charge in [0, 0.05) is 33.2 Å². The Balaban J connectivity index is 1.61. The zero-order valence-corrected chi connectivity index (χ0v) is 21.2. The van der Waals surface area contributed by atoms with Crippen LogP contribution in [0.25, 0.3) is 10.1 Å². The molecule has 0 bridgehead atoms. The van der Waals surface area contributed by atoms with Crippen LogP contribution in [-0.2, 0) is 16.0 Å². The largest absolute Gasteiger partial charge is 0.481 e. The summed E-state index contributed by atoms with van der Waals surface area (Å²) >= 11 is 8.14. The highest BCUT2D eigenvalue weighted by Gasteiger charge is 2.52. The predicted octanol–water partition coefficient (Wildman–Crippen LogP) is 5.81. The Bertz CT molecular complexity index is 1070. The standard InChI is InChI=1S/C27H33ClO5S/c1-27(2)25(32)18(9-5-3-4-6-12-23(30)31)19(26(27)33)15-13-17(29)14-16-22-24(28)20-10-7-8-11-21(20)34-22/h3,5,7-8,10-11,13,15,17-19,26,29,33H,4,6,9,12,14,16H2,1-2H3,(H,30,31)/b5-3+,15-13+/t17-,18+,19+,26-/m0/s1. The van der Waals surface area contributed by atoms with E-state index in [-0.39, 0.29) is 24.0 Å². The van der Waals surface area contributed by atoms with Gasteiger partial charge in [0.2, 0.25) is 0 Å². The number of allylic oxidation sites excluding steroid dienone is 2. The lowest BCUT2D eigenvalue weighted by atomic mass is 9.86. The van der Waals surface area contributed by atoms with Crippen LogP contribution in [0.3, 0.4) is 0 Å². The summed E-state index contributed by atoms with van der Waals surface area (Å²) in [6.07, 6.45) is 8.68. The Hall–Kier alpha value is -1.99. The van der Waals surface area contributed by atoms with Crippen molar-refractivity contribution in [1.29, 1.82) is 0 Å². The Labute approximate surface area is 209 Å². The first-order valence-corrected chi connectivity index (χ1v) is 12.9. The van der Waals surface area contributed by atoms with Gasteiger partial charge in [0.15, 0.2) is 0 Å². The third-order valence-corrected chi connectivity index (χ3v) is 8.46. The second kappa shape index (κ2) is 11.6. The molecule has 1 aromatic carbocycles. The van der Waals surface area contributed by atoms with Gasteiger partial charge in [0.1, 0.15) is 5.78 Å². The molecular weight excluding hydrogens is 472 g/mol. The molecule has 4 atom stereocenters. The molecule has 2 aromatic rings. The van der Waals surface area contributed by atoms with Gasteiger partial charge in [-0.1, -0.05) is 68.0 Å². The van der Waals surface area contributed by atoms with Crippen LogP contribution in [-0.4, -0.2) is 39.3 Å². The number of unbranched alkanes of at least 4 members (excludes halogenated alkanes) is 1. The molecule has 0 spiro atoms. The lowest BCUT2D eigenvalue weighted by Crippen LogP contribution is -2.31. The van der Waals surface area contributed by atoms with E-state index in [4.69, 9.17) is 16.7 Å². The minimum absolute atomic E-state index is 0.0105. The van der Waals surface area contributed by atoms with Gasteiger partial charge < -0.3 is 15.3 Å². The van der Waals surface area contributed by atoms with E-state index in [2.05, 4.69) is 0 Å². The maximum atomic E-state index is 13.0. The number of benzene rings is 1. The van der Waals surface area contributed by atoms with Gasteiger partial charge in [-0.25, -0.2) is 0 Å². The summed E-state index contributed by atoms with van der Waals surface area (Å²) in [4.78, 5) is 24.6. The number of ketones is 1. The van der Waals surface area contributed by atoms with E-state index >= 15 is 0 Å². The molecule has 0 amide bonds. The molecule has 5 nitrogen and oxygen atoms in total. The van der Waals surface area contributed by atoms with Crippen molar-refractivity contribution in [2.75, 3.05) is 0 Å². The SMILES string of the molecule is CC1(C)C(=O)[C@H](C/C=C/CCCC(=O)O)[C@@H](/C=C/[C@H](O)CCc2sc3ccccc3c2Cl)[C@@H]1O. The summed E-state index contributed by atoms with van der Waals surface area (Å²) < 4.78 is 1.13. The summed E-state index contributed by atoms with van der Waals surface area (Å²) in [5.74, 6) is -1.56. The first-order valence-electron chi connectivity index (χ1n) is 11.7. The minimum Gasteiger partial charge on any atom is -0.481 e. The van der Waals surface area contributed by atoms with E-state index in [0.29, 0.717) is 32.1 Å². The molecular formula is C27H33ClO5S. The Morgan fingerprint density at radius 1 is 1.26 bits per heavy atom. The number of thiophene rings is 1. The monoisotopic (exact) mass is 504 g/mol. The van der Waals surface area contributed by atoms with Crippen LogP contribution in [0.1, 0.15) is 50.8 Å². The summed E-state index contributed by atoms with van der Waals surface area (Å²) in [5.41, 5.74) is -0.855. The number of aliphatic hydroxyl groups is 2. The van der Waals surface area contributed by atoms with E-state index in [9.17, 15) is 19.8 Å². The number of carbonyl (C=O) groups is 2. The van der Waals surface area contributed by atoms with Crippen molar-refractivity contribution in [3.05, 3.63) is 58.5 Å². The molecule has 184 valence electrons. The smallest absolute Gasteiger partial charge is 0.303 e. The summed E-state index contributed by atoms with van der Waals surface area (Å²) in [5, 5.41) is 31.9. The lowest BCUT2D eigenvalue weighted by Gasteiger charge is -2.22. The normalized spacial score (nSPS) is 23.4. The third kappa shape index (κ3) is 6.16. The van der Waals surface area contributed by atoms with Gasteiger partial charge in [-0.15, -0.1) is 11.3 Å². The van der Waals surface area contributed by atoms with Crippen LogP contribution in [0.4, 0.5) is 0 Å². The molecule has 3 N–H and O–H groups in total.